The van der Waals surface area contributed by atoms with E-state index in [0.717, 1.165) is 11.3 Å². The summed E-state index contributed by atoms with van der Waals surface area (Å²) in [4.78, 5) is 18.7. The van der Waals surface area contributed by atoms with Crippen molar-refractivity contribution in [1.29, 1.82) is 0 Å². The molecular weight excluding hydrogens is 509 g/mol. The number of aromatic nitrogens is 1. The zero-order valence-electron chi connectivity index (χ0n) is 20.2. The fourth-order valence-electron chi connectivity index (χ4n) is 2.62. The van der Waals surface area contributed by atoms with E-state index in [-0.39, 0.29) is 6.61 Å². The summed E-state index contributed by atoms with van der Waals surface area (Å²) in [6.07, 6.45) is 0.791. The minimum Gasteiger partial charge on any atom is -0.462 e. The second-order valence-electron chi connectivity index (χ2n) is 6.37. The van der Waals surface area contributed by atoms with Crippen molar-refractivity contribution in [2.75, 3.05) is 18.1 Å². The van der Waals surface area contributed by atoms with E-state index in [1.54, 1.807) is 24.3 Å². The summed E-state index contributed by atoms with van der Waals surface area (Å²) >= 11 is 2.84. The van der Waals surface area contributed by atoms with E-state index < -0.39 is 16.8 Å². The van der Waals surface area contributed by atoms with Crippen LogP contribution in [0.2, 0.25) is 0 Å². The molecule has 0 amide bonds. The molecule has 0 bridgehead atoms. The molecule has 3 heterocycles. The summed E-state index contributed by atoms with van der Waals surface area (Å²) in [5.41, 5.74) is 24.3. The highest BCUT2D eigenvalue weighted by Crippen LogP contribution is 2.39. The fourth-order valence-corrected chi connectivity index (χ4v) is 5.92. The number of nitrogens with zero attached hydrogens (tertiary/aromatic N) is 1. The van der Waals surface area contributed by atoms with Gasteiger partial charge in [-0.2, -0.15) is 0 Å². The SMILES string of the molecule is C=C=C=C=C.C=C=C=C=C=C.CCCS(=O)c1sc2nc(-c3cccs3)cc(C(=O)OCC)c2c1N. The van der Waals surface area contributed by atoms with Gasteiger partial charge in [0.1, 0.15) is 9.04 Å². The molecular formula is C28H26N2O3S3. The van der Waals surface area contributed by atoms with E-state index in [0.29, 0.717) is 37.1 Å². The highest BCUT2D eigenvalue weighted by molar-refractivity contribution is 7.87. The van der Waals surface area contributed by atoms with Gasteiger partial charge in [0.25, 0.3) is 0 Å². The smallest absolute Gasteiger partial charge is 0.338 e. The number of carbonyl (C=O) groups excluding carboxylic acids is 1. The van der Waals surface area contributed by atoms with Crippen LogP contribution in [-0.4, -0.2) is 27.5 Å². The number of nitrogens with two attached hydrogens (primary N) is 1. The lowest BCUT2D eigenvalue weighted by atomic mass is 10.1. The van der Waals surface area contributed by atoms with Crippen LogP contribution in [0.3, 0.4) is 0 Å². The van der Waals surface area contributed by atoms with Crippen LogP contribution in [0.5, 0.6) is 0 Å². The Balaban J connectivity index is 0.000000495. The van der Waals surface area contributed by atoms with Gasteiger partial charge in [0, 0.05) is 5.75 Å². The average molecular weight is 535 g/mol. The number of ether oxygens (including phenoxy) is 1. The highest BCUT2D eigenvalue weighted by atomic mass is 32.2. The molecule has 1 atom stereocenters. The van der Waals surface area contributed by atoms with Gasteiger partial charge in [-0.15, -0.1) is 22.7 Å². The largest absolute Gasteiger partial charge is 0.462 e. The Hall–Kier alpha value is -3.83. The van der Waals surface area contributed by atoms with Crippen molar-refractivity contribution in [3.05, 3.63) is 95.6 Å². The Morgan fingerprint density at radius 2 is 1.75 bits per heavy atom. The quantitative estimate of drug-likeness (QED) is 0.272. The first kappa shape index (κ1) is 30.2. The first-order valence-corrected chi connectivity index (χ1v) is 13.6. The van der Waals surface area contributed by atoms with Crippen LogP contribution in [0.4, 0.5) is 5.69 Å². The summed E-state index contributed by atoms with van der Waals surface area (Å²) in [6, 6.07) is 5.59. The minimum atomic E-state index is -1.19. The number of esters is 1. The maximum Gasteiger partial charge on any atom is 0.338 e. The number of pyridine rings is 1. The summed E-state index contributed by atoms with van der Waals surface area (Å²) in [5.74, 6) is 0.0915. The molecule has 0 spiro atoms. The maximum absolute atomic E-state index is 12.5. The molecule has 0 radical (unpaired) electrons. The lowest BCUT2D eigenvalue weighted by Gasteiger charge is -2.06. The molecule has 0 aliphatic heterocycles. The summed E-state index contributed by atoms with van der Waals surface area (Å²) in [5, 5.41) is 2.50. The molecule has 0 aliphatic carbocycles. The molecule has 0 fully saturated rings. The molecule has 8 heteroatoms. The summed E-state index contributed by atoms with van der Waals surface area (Å²) in [6.45, 7) is 16.9. The second-order valence-corrected chi connectivity index (χ2v) is 10.1. The van der Waals surface area contributed by atoms with Crippen LogP contribution in [0.25, 0.3) is 20.8 Å². The third-order valence-electron chi connectivity index (χ3n) is 3.95. The number of fused-ring (bicyclic) bond motifs is 1. The molecule has 0 aromatic carbocycles. The molecule has 3 aromatic rings. The van der Waals surface area contributed by atoms with Gasteiger partial charge in [-0.3, -0.25) is 4.21 Å². The zero-order chi connectivity index (χ0) is 26.9. The Kier molecular flexibility index (Phi) is 14.0. The van der Waals surface area contributed by atoms with Crippen molar-refractivity contribution in [2.24, 2.45) is 0 Å². The molecule has 0 saturated carbocycles. The van der Waals surface area contributed by atoms with Crippen LogP contribution < -0.4 is 5.73 Å². The van der Waals surface area contributed by atoms with Crippen LogP contribution in [0.15, 0.2) is 94.2 Å². The predicted molar refractivity (Wildman–Crippen MR) is 152 cm³/mol. The number of carbonyl (C=O) groups is 1. The Labute approximate surface area is 222 Å². The number of hydrogen-bond acceptors (Lipinski definition) is 7. The van der Waals surface area contributed by atoms with Crippen LogP contribution in [0.1, 0.15) is 30.6 Å². The van der Waals surface area contributed by atoms with Gasteiger partial charge in [0.15, 0.2) is 0 Å². The zero-order valence-corrected chi connectivity index (χ0v) is 22.7. The fraction of sp³-hybridized carbons (Fsp3) is 0.179. The van der Waals surface area contributed by atoms with Gasteiger partial charge in [-0.25, -0.2) is 9.78 Å². The van der Waals surface area contributed by atoms with E-state index in [1.165, 1.54) is 11.3 Å². The average Bonchev–Trinajstić information content (AvgIpc) is 3.52. The standard InChI is InChI=1S/C17H18N2O3S3.C6H4.C5H4/c1-3-8-25(21)17-14(18)13-10(16(20)22-4-2)9-11(19-15(13)24-17)12-6-5-7-23-12;1-3-5-6-4-2;1-3-5-4-2/h5-7,9H,3-4,8,18H2,1-2H3;1-2H2;1-2H2. The number of rotatable bonds is 6. The van der Waals surface area contributed by atoms with Crippen molar-refractivity contribution in [2.45, 2.75) is 24.5 Å². The Morgan fingerprint density at radius 3 is 2.22 bits per heavy atom. The van der Waals surface area contributed by atoms with E-state index in [9.17, 15) is 9.00 Å². The second kappa shape index (κ2) is 16.7. The number of anilines is 1. The lowest BCUT2D eigenvalue weighted by molar-refractivity contribution is 0.0528. The van der Waals surface area contributed by atoms with Crippen molar-refractivity contribution < 1.29 is 13.7 Å². The van der Waals surface area contributed by atoms with E-state index in [2.05, 4.69) is 71.4 Å². The third kappa shape index (κ3) is 8.75. The van der Waals surface area contributed by atoms with Gasteiger partial charge >= 0.3 is 5.97 Å². The topological polar surface area (TPSA) is 82.3 Å². The van der Waals surface area contributed by atoms with Crippen molar-refractivity contribution in [1.82, 2.24) is 4.98 Å². The van der Waals surface area contributed by atoms with Gasteiger partial charge in [0.2, 0.25) is 0 Å². The molecule has 3 rings (SSSR count). The lowest BCUT2D eigenvalue weighted by Crippen LogP contribution is -2.07. The van der Waals surface area contributed by atoms with Crippen LogP contribution in [-0.2, 0) is 15.5 Å². The summed E-state index contributed by atoms with van der Waals surface area (Å²) in [7, 11) is -1.19. The van der Waals surface area contributed by atoms with E-state index in [1.807, 2.05) is 24.4 Å². The molecule has 184 valence electrons. The highest BCUT2D eigenvalue weighted by Gasteiger charge is 2.23. The maximum atomic E-state index is 12.5. The molecule has 1 unspecified atom stereocenters. The van der Waals surface area contributed by atoms with Gasteiger partial charge in [-0.1, -0.05) is 35.9 Å². The van der Waals surface area contributed by atoms with E-state index >= 15 is 0 Å². The monoisotopic (exact) mass is 534 g/mol. The molecule has 0 saturated heterocycles. The first-order chi connectivity index (χ1) is 17.4. The Bertz CT molecular complexity index is 1440. The minimum absolute atomic E-state index is 0.273. The Morgan fingerprint density at radius 1 is 1.11 bits per heavy atom. The van der Waals surface area contributed by atoms with Crippen LogP contribution in [0, 0.1) is 0 Å². The molecule has 3 aromatic heterocycles. The summed E-state index contributed by atoms with van der Waals surface area (Å²) < 4.78 is 18.2. The van der Waals surface area contributed by atoms with E-state index in [4.69, 9.17) is 10.5 Å². The van der Waals surface area contributed by atoms with Crippen molar-refractivity contribution in [3.63, 3.8) is 0 Å². The van der Waals surface area contributed by atoms with Crippen molar-refractivity contribution >= 4 is 55.3 Å². The van der Waals surface area contributed by atoms with Gasteiger partial charge < -0.3 is 10.5 Å². The molecule has 5 nitrogen and oxygen atoms in total. The van der Waals surface area contributed by atoms with Gasteiger partial charge in [0.05, 0.1) is 44.6 Å². The van der Waals surface area contributed by atoms with Gasteiger partial charge in [-0.05, 0) is 74.4 Å². The molecule has 36 heavy (non-hydrogen) atoms. The van der Waals surface area contributed by atoms with Crippen molar-refractivity contribution in [3.8, 4) is 10.6 Å². The number of thiophene rings is 2. The molecule has 0 aliphatic rings. The first-order valence-electron chi connectivity index (χ1n) is 10.6. The predicted octanol–water partition coefficient (Wildman–Crippen LogP) is 6.99. The van der Waals surface area contributed by atoms with Crippen LogP contribution >= 0.6 is 22.7 Å². The normalized spacial score (nSPS) is 9.61. The number of nitrogen functional groups attached to an aromatic ring is 1. The molecule has 2 N–H and O–H groups in total. The number of hydrogen-bond donors (Lipinski definition) is 1. The third-order valence-corrected chi connectivity index (χ3v) is 7.95.